The number of rotatable bonds is 5. The van der Waals surface area contributed by atoms with Crippen LogP contribution in [0.4, 0.5) is 13.2 Å². The van der Waals surface area contributed by atoms with Gasteiger partial charge in [-0.3, -0.25) is 14.9 Å². The molecule has 1 saturated carbocycles. The number of carbonyl (C=O) groups is 2. The normalized spacial score (nSPS) is 24.6. The van der Waals surface area contributed by atoms with Crippen molar-refractivity contribution in [3.05, 3.63) is 69.7 Å². The summed E-state index contributed by atoms with van der Waals surface area (Å²) in [7, 11) is 0. The van der Waals surface area contributed by atoms with E-state index in [4.69, 9.17) is 11.6 Å². The first-order valence-electron chi connectivity index (χ1n) is 11.8. The molecule has 0 spiro atoms. The second-order valence-corrected chi connectivity index (χ2v) is 10.1. The van der Waals surface area contributed by atoms with Crippen LogP contribution < -0.4 is 16.0 Å². The van der Waals surface area contributed by atoms with Gasteiger partial charge in [-0.15, -0.1) is 0 Å². The van der Waals surface area contributed by atoms with Gasteiger partial charge in [0.15, 0.2) is 0 Å². The Labute approximate surface area is 207 Å². The van der Waals surface area contributed by atoms with Crippen LogP contribution in [0.5, 0.6) is 0 Å². The molecule has 35 heavy (non-hydrogen) atoms. The van der Waals surface area contributed by atoms with E-state index in [-0.39, 0.29) is 35.6 Å². The van der Waals surface area contributed by atoms with E-state index in [1.807, 2.05) is 26.0 Å². The highest BCUT2D eigenvalue weighted by molar-refractivity contribution is 6.31. The number of nitrogens with one attached hydrogen (secondary N) is 3. The van der Waals surface area contributed by atoms with Crippen molar-refractivity contribution in [3.63, 3.8) is 0 Å². The molecule has 2 aromatic carbocycles. The van der Waals surface area contributed by atoms with Crippen LogP contribution in [0.25, 0.3) is 0 Å². The molecule has 2 aliphatic rings. The SMILES string of the molecule is CC(C)C(=O)NCc1ccc(Cl)c(C2NC(=O)C3CC(c4ccc(C(F)(F)F)cc4)CCC3N2)c1. The first-order valence-corrected chi connectivity index (χ1v) is 12.2. The lowest BCUT2D eigenvalue weighted by atomic mass is 9.73. The molecular weight excluding hydrogens is 479 g/mol. The van der Waals surface area contributed by atoms with Gasteiger partial charge in [-0.25, -0.2) is 0 Å². The van der Waals surface area contributed by atoms with Gasteiger partial charge in [0.25, 0.3) is 0 Å². The summed E-state index contributed by atoms with van der Waals surface area (Å²) in [4.78, 5) is 25.0. The smallest absolute Gasteiger partial charge is 0.352 e. The summed E-state index contributed by atoms with van der Waals surface area (Å²) in [5.74, 6) is -0.502. The molecule has 2 fully saturated rings. The Morgan fingerprint density at radius 1 is 1.14 bits per heavy atom. The molecule has 4 unspecified atom stereocenters. The van der Waals surface area contributed by atoms with E-state index in [0.29, 0.717) is 18.0 Å². The summed E-state index contributed by atoms with van der Waals surface area (Å²) in [6, 6.07) is 10.7. The molecule has 9 heteroatoms. The van der Waals surface area contributed by atoms with Gasteiger partial charge in [-0.1, -0.05) is 43.6 Å². The number of hydrogen-bond donors (Lipinski definition) is 3. The number of carbonyl (C=O) groups excluding carboxylic acids is 2. The van der Waals surface area contributed by atoms with Gasteiger partial charge in [0, 0.05) is 29.1 Å². The highest BCUT2D eigenvalue weighted by Gasteiger charge is 2.41. The molecule has 1 aliphatic heterocycles. The number of hydrogen-bond acceptors (Lipinski definition) is 3. The minimum absolute atomic E-state index is 0.0270. The van der Waals surface area contributed by atoms with E-state index in [2.05, 4.69) is 16.0 Å². The van der Waals surface area contributed by atoms with Gasteiger partial charge >= 0.3 is 6.18 Å². The van der Waals surface area contributed by atoms with Crippen molar-refractivity contribution in [2.75, 3.05) is 0 Å². The van der Waals surface area contributed by atoms with E-state index < -0.39 is 17.9 Å². The fourth-order valence-corrected chi connectivity index (χ4v) is 5.12. The molecule has 4 rings (SSSR count). The Bertz CT molecular complexity index is 1090. The quantitative estimate of drug-likeness (QED) is 0.514. The average Bonchev–Trinajstić information content (AvgIpc) is 2.82. The van der Waals surface area contributed by atoms with Gasteiger partial charge in [0.1, 0.15) is 6.17 Å². The molecule has 2 aromatic rings. The second kappa shape index (κ2) is 10.2. The second-order valence-electron chi connectivity index (χ2n) is 9.68. The van der Waals surface area contributed by atoms with Gasteiger partial charge < -0.3 is 10.6 Å². The largest absolute Gasteiger partial charge is 0.416 e. The third-order valence-electron chi connectivity index (χ3n) is 6.93. The number of benzene rings is 2. The predicted octanol–water partition coefficient (Wildman–Crippen LogP) is 5.30. The van der Waals surface area contributed by atoms with Crippen LogP contribution in [0.1, 0.15) is 67.4 Å². The third kappa shape index (κ3) is 5.81. The van der Waals surface area contributed by atoms with Crippen molar-refractivity contribution in [2.45, 2.75) is 64.0 Å². The van der Waals surface area contributed by atoms with Crippen LogP contribution in [0.3, 0.4) is 0 Å². The van der Waals surface area contributed by atoms with Crippen molar-refractivity contribution in [2.24, 2.45) is 11.8 Å². The van der Waals surface area contributed by atoms with Crippen LogP contribution >= 0.6 is 11.6 Å². The van der Waals surface area contributed by atoms with Gasteiger partial charge in [-0.05, 0) is 60.6 Å². The fraction of sp³-hybridized carbons (Fsp3) is 0.462. The molecule has 0 bridgehead atoms. The zero-order chi connectivity index (χ0) is 25.3. The summed E-state index contributed by atoms with van der Waals surface area (Å²) >= 11 is 6.45. The Morgan fingerprint density at radius 3 is 2.51 bits per heavy atom. The van der Waals surface area contributed by atoms with E-state index in [0.717, 1.165) is 41.7 Å². The molecule has 1 aliphatic carbocycles. The minimum atomic E-state index is -4.36. The van der Waals surface area contributed by atoms with Crippen molar-refractivity contribution in [1.29, 1.82) is 0 Å². The summed E-state index contributed by atoms with van der Waals surface area (Å²) in [6.07, 6.45) is -2.76. The average molecular weight is 508 g/mol. The maximum atomic E-state index is 13.1. The van der Waals surface area contributed by atoms with Crippen LogP contribution in [0, 0.1) is 11.8 Å². The molecule has 188 valence electrons. The van der Waals surface area contributed by atoms with Crippen molar-refractivity contribution < 1.29 is 22.8 Å². The molecule has 4 atom stereocenters. The topological polar surface area (TPSA) is 70.2 Å². The Kier molecular flexibility index (Phi) is 7.43. The Hall–Kier alpha value is -2.58. The zero-order valence-electron chi connectivity index (χ0n) is 19.6. The number of amides is 2. The highest BCUT2D eigenvalue weighted by Crippen LogP contribution is 2.40. The number of alkyl halides is 3. The molecule has 1 heterocycles. The fourth-order valence-electron chi connectivity index (χ4n) is 4.90. The first-order chi connectivity index (χ1) is 16.5. The molecule has 1 saturated heterocycles. The van der Waals surface area contributed by atoms with Crippen molar-refractivity contribution in [3.8, 4) is 0 Å². The van der Waals surface area contributed by atoms with Crippen molar-refractivity contribution >= 4 is 23.4 Å². The van der Waals surface area contributed by atoms with Crippen molar-refractivity contribution in [1.82, 2.24) is 16.0 Å². The molecule has 0 aromatic heterocycles. The standard InChI is InChI=1S/C26H29ClF3N3O2/c1-14(2)24(34)31-13-15-3-9-21(27)19(11-15)23-32-22-10-6-17(12-20(22)25(35)33-23)16-4-7-18(8-5-16)26(28,29)30/h3-5,7-9,11,14,17,20,22-23,32H,6,10,12-13H2,1-2H3,(H,31,34)(H,33,35). The van der Waals surface area contributed by atoms with E-state index in [1.165, 1.54) is 12.1 Å². The summed E-state index contributed by atoms with van der Waals surface area (Å²) in [5, 5.41) is 9.91. The zero-order valence-corrected chi connectivity index (χ0v) is 20.3. The van der Waals surface area contributed by atoms with Gasteiger partial charge in [-0.2, -0.15) is 13.2 Å². The Balaban J connectivity index is 1.43. The summed E-state index contributed by atoms with van der Waals surface area (Å²) in [6.45, 7) is 4.02. The van der Waals surface area contributed by atoms with Gasteiger partial charge in [0.05, 0.1) is 11.5 Å². The molecule has 5 nitrogen and oxygen atoms in total. The highest BCUT2D eigenvalue weighted by atomic mass is 35.5. The van der Waals surface area contributed by atoms with Crippen LogP contribution in [-0.4, -0.2) is 17.9 Å². The van der Waals surface area contributed by atoms with E-state index in [9.17, 15) is 22.8 Å². The van der Waals surface area contributed by atoms with E-state index >= 15 is 0 Å². The van der Waals surface area contributed by atoms with Crippen LogP contribution in [0.2, 0.25) is 5.02 Å². The molecular formula is C26H29ClF3N3O2. The lowest BCUT2D eigenvalue weighted by Crippen LogP contribution is -2.58. The lowest BCUT2D eigenvalue weighted by Gasteiger charge is -2.43. The lowest BCUT2D eigenvalue weighted by molar-refractivity contribution is -0.137. The third-order valence-corrected chi connectivity index (χ3v) is 7.27. The first kappa shape index (κ1) is 25.5. The molecule has 2 amide bonds. The summed E-state index contributed by atoms with van der Waals surface area (Å²) in [5.41, 5.74) is 1.77. The van der Waals surface area contributed by atoms with Gasteiger partial charge in [0.2, 0.25) is 11.8 Å². The summed E-state index contributed by atoms with van der Waals surface area (Å²) < 4.78 is 38.7. The number of halogens is 4. The molecule has 0 radical (unpaired) electrons. The minimum Gasteiger partial charge on any atom is -0.352 e. The predicted molar refractivity (Wildman–Crippen MR) is 127 cm³/mol. The maximum absolute atomic E-state index is 13.1. The molecule has 3 N–H and O–H groups in total. The maximum Gasteiger partial charge on any atom is 0.416 e. The Morgan fingerprint density at radius 2 is 1.86 bits per heavy atom. The van der Waals surface area contributed by atoms with Crippen LogP contribution in [0.15, 0.2) is 42.5 Å². The number of fused-ring (bicyclic) bond motifs is 1. The van der Waals surface area contributed by atoms with Crippen LogP contribution in [-0.2, 0) is 22.3 Å². The monoisotopic (exact) mass is 507 g/mol. The van der Waals surface area contributed by atoms with E-state index in [1.54, 1.807) is 6.07 Å².